The Morgan fingerprint density at radius 1 is 1.12 bits per heavy atom. The van der Waals surface area contributed by atoms with Crippen LogP contribution in [0.4, 0.5) is 0 Å². The standard InChI is InChI=1S/C17H16N2O7/c1-18(16(25)10-5-13(23)12(22)4-9(10)7-20)19-6-8-2-3-11(21)15(24)14(8)17(19)26/h2-5,20-24H,6-7H2,1H3. The number of hydrogen-bond acceptors (Lipinski definition) is 7. The Bertz CT molecular complexity index is 926. The number of aromatic hydroxyl groups is 4. The van der Waals surface area contributed by atoms with E-state index in [-0.39, 0.29) is 23.2 Å². The maximum Gasteiger partial charge on any atom is 0.277 e. The van der Waals surface area contributed by atoms with Crippen molar-refractivity contribution >= 4 is 11.8 Å². The molecule has 9 nitrogen and oxygen atoms in total. The summed E-state index contributed by atoms with van der Waals surface area (Å²) in [5.41, 5.74) is 0.310. The number of hydrazine groups is 1. The molecule has 0 saturated heterocycles. The van der Waals surface area contributed by atoms with Crippen LogP contribution in [0.25, 0.3) is 0 Å². The molecule has 1 aliphatic rings. The van der Waals surface area contributed by atoms with Gasteiger partial charge in [0.1, 0.15) is 0 Å². The quantitative estimate of drug-likeness (QED) is 0.506. The van der Waals surface area contributed by atoms with E-state index in [1.54, 1.807) is 0 Å². The van der Waals surface area contributed by atoms with E-state index in [1.807, 2.05) is 0 Å². The number of benzene rings is 2. The highest BCUT2D eigenvalue weighted by molar-refractivity contribution is 6.04. The van der Waals surface area contributed by atoms with Crippen LogP contribution in [-0.2, 0) is 13.2 Å². The Morgan fingerprint density at radius 3 is 2.42 bits per heavy atom. The number of hydrogen-bond donors (Lipinski definition) is 5. The van der Waals surface area contributed by atoms with Gasteiger partial charge in [0.25, 0.3) is 11.8 Å². The summed E-state index contributed by atoms with van der Waals surface area (Å²) in [4.78, 5) is 25.3. The van der Waals surface area contributed by atoms with Gasteiger partial charge in [0.2, 0.25) is 0 Å². The number of nitrogens with zero attached hydrogens (tertiary/aromatic N) is 2. The van der Waals surface area contributed by atoms with Crippen molar-refractivity contribution < 1.29 is 35.1 Å². The molecule has 0 aromatic heterocycles. The number of phenols is 4. The number of carbonyl (C=O) groups excluding carboxylic acids is 2. The third-order valence-electron chi connectivity index (χ3n) is 4.27. The van der Waals surface area contributed by atoms with Crippen LogP contribution in [-0.4, -0.2) is 54.4 Å². The molecule has 3 rings (SSSR count). The second kappa shape index (κ2) is 6.12. The van der Waals surface area contributed by atoms with E-state index in [2.05, 4.69) is 0 Å². The molecular weight excluding hydrogens is 344 g/mol. The summed E-state index contributed by atoms with van der Waals surface area (Å²) >= 11 is 0. The molecule has 0 fully saturated rings. The molecule has 1 heterocycles. The lowest BCUT2D eigenvalue weighted by atomic mass is 10.1. The molecule has 5 N–H and O–H groups in total. The van der Waals surface area contributed by atoms with Crippen molar-refractivity contribution in [1.82, 2.24) is 10.0 Å². The van der Waals surface area contributed by atoms with Gasteiger partial charge in [-0.1, -0.05) is 6.07 Å². The second-order valence-electron chi connectivity index (χ2n) is 5.82. The molecule has 2 aromatic carbocycles. The first-order valence-electron chi connectivity index (χ1n) is 7.55. The average Bonchev–Trinajstić information content (AvgIpc) is 2.96. The van der Waals surface area contributed by atoms with Gasteiger partial charge in [-0.05, 0) is 29.3 Å². The van der Waals surface area contributed by atoms with Crippen LogP contribution in [0.2, 0.25) is 0 Å². The summed E-state index contributed by atoms with van der Waals surface area (Å²) in [7, 11) is 1.31. The van der Waals surface area contributed by atoms with Crippen molar-refractivity contribution in [3.63, 3.8) is 0 Å². The third-order valence-corrected chi connectivity index (χ3v) is 4.27. The Labute approximate surface area is 147 Å². The van der Waals surface area contributed by atoms with Crippen LogP contribution in [0.5, 0.6) is 23.0 Å². The Morgan fingerprint density at radius 2 is 1.77 bits per heavy atom. The van der Waals surface area contributed by atoms with Crippen LogP contribution in [0.1, 0.15) is 31.8 Å². The molecule has 2 aromatic rings. The zero-order chi connectivity index (χ0) is 19.2. The van der Waals surface area contributed by atoms with Gasteiger partial charge in [0.15, 0.2) is 23.0 Å². The summed E-state index contributed by atoms with van der Waals surface area (Å²) in [6.07, 6.45) is 0. The van der Waals surface area contributed by atoms with E-state index in [9.17, 15) is 35.1 Å². The van der Waals surface area contributed by atoms with E-state index < -0.39 is 41.4 Å². The van der Waals surface area contributed by atoms with Crippen LogP contribution < -0.4 is 0 Å². The first-order chi connectivity index (χ1) is 12.3. The summed E-state index contributed by atoms with van der Waals surface area (Å²) < 4.78 is 0. The van der Waals surface area contributed by atoms with Crippen LogP contribution in [0, 0.1) is 0 Å². The van der Waals surface area contributed by atoms with Crippen molar-refractivity contribution in [2.45, 2.75) is 13.2 Å². The zero-order valence-corrected chi connectivity index (χ0v) is 13.7. The van der Waals surface area contributed by atoms with Gasteiger partial charge in [-0.25, -0.2) is 10.0 Å². The van der Waals surface area contributed by atoms with E-state index in [4.69, 9.17) is 0 Å². The molecule has 1 aliphatic heterocycles. The fraction of sp³-hybridized carbons (Fsp3) is 0.176. The minimum Gasteiger partial charge on any atom is -0.504 e. The number of aliphatic hydroxyl groups is 1. The fourth-order valence-corrected chi connectivity index (χ4v) is 2.83. The number of carbonyl (C=O) groups is 2. The Balaban J connectivity index is 1.95. The largest absolute Gasteiger partial charge is 0.504 e. The molecule has 9 heteroatoms. The number of rotatable bonds is 3. The van der Waals surface area contributed by atoms with Gasteiger partial charge in [-0.3, -0.25) is 9.59 Å². The van der Waals surface area contributed by atoms with Gasteiger partial charge in [0, 0.05) is 7.05 Å². The summed E-state index contributed by atoms with van der Waals surface area (Å²) in [5.74, 6) is -3.43. The van der Waals surface area contributed by atoms with Gasteiger partial charge in [-0.2, -0.15) is 0 Å². The molecule has 0 atom stereocenters. The van der Waals surface area contributed by atoms with Gasteiger partial charge >= 0.3 is 0 Å². The van der Waals surface area contributed by atoms with Crippen LogP contribution in [0.3, 0.4) is 0 Å². The van der Waals surface area contributed by atoms with E-state index in [1.165, 1.54) is 19.2 Å². The minimum atomic E-state index is -0.714. The minimum absolute atomic E-state index is 0.0111. The van der Waals surface area contributed by atoms with Crippen molar-refractivity contribution in [1.29, 1.82) is 0 Å². The smallest absolute Gasteiger partial charge is 0.277 e. The van der Waals surface area contributed by atoms with Crippen molar-refractivity contribution in [2.24, 2.45) is 0 Å². The number of aliphatic hydroxyl groups excluding tert-OH is 1. The highest BCUT2D eigenvalue weighted by Gasteiger charge is 2.36. The molecule has 136 valence electrons. The lowest BCUT2D eigenvalue weighted by Gasteiger charge is -2.28. The van der Waals surface area contributed by atoms with Gasteiger partial charge in [0.05, 0.1) is 24.3 Å². The SMILES string of the molecule is CN(C(=O)c1cc(O)c(O)cc1CO)N1Cc2ccc(O)c(O)c2C1=O. The molecule has 0 radical (unpaired) electrons. The van der Waals surface area contributed by atoms with Crippen LogP contribution in [0.15, 0.2) is 24.3 Å². The van der Waals surface area contributed by atoms with Crippen molar-refractivity contribution in [3.05, 3.63) is 46.5 Å². The summed E-state index contributed by atoms with van der Waals surface area (Å²) in [6.45, 7) is -0.575. The predicted molar refractivity (Wildman–Crippen MR) is 87.4 cm³/mol. The monoisotopic (exact) mass is 360 g/mol. The number of amides is 2. The highest BCUT2D eigenvalue weighted by atomic mass is 16.3. The van der Waals surface area contributed by atoms with E-state index >= 15 is 0 Å². The Kier molecular flexibility index (Phi) is 4.09. The van der Waals surface area contributed by atoms with E-state index in [0.717, 1.165) is 22.2 Å². The molecule has 0 unspecified atom stereocenters. The molecule has 0 bridgehead atoms. The fourth-order valence-electron chi connectivity index (χ4n) is 2.83. The number of fused-ring (bicyclic) bond motifs is 1. The summed E-state index contributed by atoms with van der Waals surface area (Å²) in [5, 5.41) is 50.0. The zero-order valence-electron chi connectivity index (χ0n) is 13.7. The van der Waals surface area contributed by atoms with Crippen LogP contribution >= 0.6 is 0 Å². The first kappa shape index (κ1) is 17.4. The second-order valence-corrected chi connectivity index (χ2v) is 5.82. The highest BCUT2D eigenvalue weighted by Crippen LogP contribution is 2.37. The molecule has 0 saturated carbocycles. The van der Waals surface area contributed by atoms with Gasteiger partial charge in [-0.15, -0.1) is 0 Å². The molecular formula is C17H16N2O7. The van der Waals surface area contributed by atoms with Gasteiger partial charge < -0.3 is 25.5 Å². The average molecular weight is 360 g/mol. The normalized spacial score (nSPS) is 13.0. The molecule has 0 spiro atoms. The lowest BCUT2D eigenvalue weighted by Crippen LogP contribution is -2.44. The predicted octanol–water partition coefficient (Wildman–Crippen LogP) is 0.644. The summed E-state index contributed by atoms with van der Waals surface area (Å²) in [6, 6.07) is 4.76. The third kappa shape index (κ3) is 2.54. The maximum atomic E-state index is 12.7. The number of phenolic OH excluding ortho intramolecular Hbond substituents is 4. The molecule has 2 amide bonds. The maximum absolute atomic E-state index is 12.7. The van der Waals surface area contributed by atoms with Crippen molar-refractivity contribution in [2.75, 3.05) is 7.05 Å². The van der Waals surface area contributed by atoms with Crippen molar-refractivity contribution in [3.8, 4) is 23.0 Å². The first-order valence-corrected chi connectivity index (χ1v) is 7.55. The lowest BCUT2D eigenvalue weighted by molar-refractivity contribution is 0.00884. The Hall–Kier alpha value is -3.46. The molecule has 0 aliphatic carbocycles. The topological polar surface area (TPSA) is 142 Å². The van der Waals surface area contributed by atoms with E-state index in [0.29, 0.717) is 5.56 Å². The molecule has 26 heavy (non-hydrogen) atoms.